The van der Waals surface area contributed by atoms with E-state index in [4.69, 9.17) is 9.84 Å². The Morgan fingerprint density at radius 3 is 2.90 bits per heavy atom. The van der Waals surface area contributed by atoms with Crippen LogP contribution in [0.4, 0.5) is 0 Å². The third kappa shape index (κ3) is 2.88. The molecule has 0 unspecified atom stereocenters. The van der Waals surface area contributed by atoms with Gasteiger partial charge in [-0.25, -0.2) is 0 Å². The Morgan fingerprint density at radius 1 is 1.43 bits per heavy atom. The Bertz CT molecular complexity index is 646. The zero-order valence-corrected chi connectivity index (χ0v) is 12.1. The number of aliphatic hydroxyl groups is 1. The summed E-state index contributed by atoms with van der Waals surface area (Å²) in [5.74, 6) is 0.751. The summed E-state index contributed by atoms with van der Waals surface area (Å²) < 4.78 is 5.47. The molecule has 112 valence electrons. The molecule has 1 aliphatic carbocycles. The lowest BCUT2D eigenvalue weighted by atomic mass is 10.2. The van der Waals surface area contributed by atoms with Crippen LogP contribution in [0.3, 0.4) is 0 Å². The van der Waals surface area contributed by atoms with Gasteiger partial charge in [0.2, 0.25) is 0 Å². The molecule has 1 heterocycles. The maximum Gasteiger partial charge on any atom is 0.270 e. The van der Waals surface area contributed by atoms with Gasteiger partial charge in [0.25, 0.3) is 5.91 Å². The molecule has 0 aliphatic heterocycles. The van der Waals surface area contributed by atoms with Crippen LogP contribution < -0.4 is 4.74 Å². The fourth-order valence-corrected chi connectivity index (χ4v) is 2.58. The van der Waals surface area contributed by atoms with E-state index in [9.17, 15) is 4.79 Å². The summed E-state index contributed by atoms with van der Waals surface area (Å²) in [5.41, 5.74) is 1.46. The quantitative estimate of drug-likeness (QED) is 0.856. The van der Waals surface area contributed by atoms with E-state index in [-0.39, 0.29) is 18.6 Å². The summed E-state index contributed by atoms with van der Waals surface area (Å²) in [6, 6.07) is 7.90. The first-order valence-corrected chi connectivity index (χ1v) is 7.40. The molecule has 3 rings (SSSR count). The number of aliphatic hydroxyl groups excluding tert-OH is 1. The number of carbonyl (C=O) groups excluding carboxylic acids is 1. The summed E-state index contributed by atoms with van der Waals surface area (Å²) in [6.45, 7) is 2.94. The highest BCUT2D eigenvalue weighted by Gasteiger charge is 2.33. The van der Waals surface area contributed by atoms with E-state index in [2.05, 4.69) is 4.98 Å². The average Bonchev–Trinajstić information content (AvgIpc) is 3.23. The second-order valence-corrected chi connectivity index (χ2v) is 5.32. The van der Waals surface area contributed by atoms with Crippen LogP contribution in [-0.4, -0.2) is 46.7 Å². The normalized spacial score (nSPS) is 14.4. The van der Waals surface area contributed by atoms with Gasteiger partial charge >= 0.3 is 0 Å². The minimum Gasteiger partial charge on any atom is -0.494 e. The van der Waals surface area contributed by atoms with Crippen molar-refractivity contribution in [2.75, 3.05) is 19.8 Å². The molecule has 2 N–H and O–H groups in total. The average molecular weight is 288 g/mol. The number of nitrogens with one attached hydrogen (secondary N) is 1. The summed E-state index contributed by atoms with van der Waals surface area (Å²) in [7, 11) is 0. The number of aromatic nitrogens is 1. The smallest absolute Gasteiger partial charge is 0.270 e. The first-order valence-electron chi connectivity index (χ1n) is 7.40. The molecule has 1 fully saturated rings. The van der Waals surface area contributed by atoms with E-state index < -0.39 is 0 Å². The van der Waals surface area contributed by atoms with Crippen molar-refractivity contribution in [1.29, 1.82) is 0 Å². The summed E-state index contributed by atoms with van der Waals surface area (Å²) >= 11 is 0. The summed E-state index contributed by atoms with van der Waals surface area (Å²) in [5, 5.41) is 10.1. The fourth-order valence-electron chi connectivity index (χ4n) is 2.58. The van der Waals surface area contributed by atoms with Gasteiger partial charge in [-0.3, -0.25) is 4.79 Å². The molecule has 21 heavy (non-hydrogen) atoms. The van der Waals surface area contributed by atoms with Gasteiger partial charge in [-0.2, -0.15) is 0 Å². The Kier molecular flexibility index (Phi) is 3.84. The Balaban J connectivity index is 1.87. The van der Waals surface area contributed by atoms with Crippen molar-refractivity contribution in [3.63, 3.8) is 0 Å². The van der Waals surface area contributed by atoms with Crippen LogP contribution in [0.15, 0.2) is 24.3 Å². The highest BCUT2D eigenvalue weighted by atomic mass is 16.5. The van der Waals surface area contributed by atoms with Crippen LogP contribution in [0.1, 0.15) is 30.3 Å². The Morgan fingerprint density at radius 2 is 2.24 bits per heavy atom. The molecule has 1 amide bonds. The fraction of sp³-hybridized carbons (Fsp3) is 0.438. The number of hydrogen-bond donors (Lipinski definition) is 2. The number of benzene rings is 1. The zero-order chi connectivity index (χ0) is 14.8. The van der Waals surface area contributed by atoms with Crippen LogP contribution in [0, 0.1) is 0 Å². The van der Waals surface area contributed by atoms with Gasteiger partial charge in [0.15, 0.2) is 0 Å². The van der Waals surface area contributed by atoms with Crippen molar-refractivity contribution in [3.8, 4) is 5.75 Å². The number of H-pyrrole nitrogens is 1. The molecule has 5 nitrogen and oxygen atoms in total. The van der Waals surface area contributed by atoms with Crippen molar-refractivity contribution in [2.24, 2.45) is 0 Å². The molecule has 0 saturated heterocycles. The number of fused-ring (bicyclic) bond motifs is 1. The van der Waals surface area contributed by atoms with Crippen LogP contribution in [0.5, 0.6) is 5.75 Å². The first kappa shape index (κ1) is 13.9. The molecular weight excluding hydrogens is 268 g/mol. The minimum atomic E-state index is -0.0410. The number of carbonyl (C=O) groups is 1. The van der Waals surface area contributed by atoms with Gasteiger partial charge in [0.05, 0.1) is 13.2 Å². The van der Waals surface area contributed by atoms with Gasteiger partial charge in [0.1, 0.15) is 11.4 Å². The first-order chi connectivity index (χ1) is 10.2. The summed E-state index contributed by atoms with van der Waals surface area (Å²) in [4.78, 5) is 17.5. The minimum absolute atomic E-state index is 0.00302. The van der Waals surface area contributed by atoms with Crippen molar-refractivity contribution < 1.29 is 14.6 Å². The molecule has 0 atom stereocenters. The van der Waals surface area contributed by atoms with Crippen molar-refractivity contribution in [2.45, 2.75) is 25.8 Å². The molecule has 2 aromatic rings. The number of aromatic amines is 1. The van der Waals surface area contributed by atoms with Gasteiger partial charge in [0, 0.05) is 29.6 Å². The highest BCUT2D eigenvalue weighted by Crippen LogP contribution is 2.29. The van der Waals surface area contributed by atoms with E-state index in [0.29, 0.717) is 18.8 Å². The number of amides is 1. The molecule has 5 heteroatoms. The monoisotopic (exact) mass is 288 g/mol. The predicted octanol–water partition coefficient (Wildman–Crippen LogP) is 2.16. The predicted molar refractivity (Wildman–Crippen MR) is 80.6 cm³/mol. The molecule has 1 aromatic carbocycles. The lowest BCUT2D eigenvalue weighted by Crippen LogP contribution is -2.35. The molecule has 1 aliphatic rings. The van der Waals surface area contributed by atoms with E-state index >= 15 is 0 Å². The lowest BCUT2D eigenvalue weighted by Gasteiger charge is -2.20. The third-order valence-corrected chi connectivity index (χ3v) is 3.72. The Hall–Kier alpha value is -2.01. The van der Waals surface area contributed by atoms with E-state index in [0.717, 1.165) is 29.5 Å². The second kappa shape index (κ2) is 5.77. The van der Waals surface area contributed by atoms with Gasteiger partial charge in [-0.05, 0) is 38.0 Å². The highest BCUT2D eigenvalue weighted by molar-refractivity contribution is 5.98. The molecule has 0 spiro atoms. The van der Waals surface area contributed by atoms with E-state index in [1.807, 2.05) is 31.2 Å². The van der Waals surface area contributed by atoms with Crippen molar-refractivity contribution in [3.05, 3.63) is 30.0 Å². The lowest BCUT2D eigenvalue weighted by molar-refractivity contribution is 0.0702. The maximum absolute atomic E-state index is 12.5. The molecule has 1 aromatic heterocycles. The topological polar surface area (TPSA) is 65.6 Å². The SMILES string of the molecule is CCOc1ccc2cc(C(=O)N(CCO)C3CC3)[nH]c2c1. The van der Waals surface area contributed by atoms with Crippen molar-refractivity contribution in [1.82, 2.24) is 9.88 Å². The van der Waals surface area contributed by atoms with Crippen LogP contribution in [-0.2, 0) is 0 Å². The van der Waals surface area contributed by atoms with Crippen molar-refractivity contribution >= 4 is 16.8 Å². The zero-order valence-electron chi connectivity index (χ0n) is 12.1. The van der Waals surface area contributed by atoms with E-state index in [1.165, 1.54) is 0 Å². The molecule has 0 bridgehead atoms. The molecular formula is C16H20N2O3. The molecule has 1 saturated carbocycles. The number of nitrogens with zero attached hydrogens (tertiary/aromatic N) is 1. The number of rotatable bonds is 6. The molecule has 0 radical (unpaired) electrons. The standard InChI is InChI=1S/C16H20N2O3/c1-2-21-13-6-3-11-9-15(17-14(11)10-13)16(20)18(7-8-19)12-4-5-12/h3,6,9-10,12,17,19H,2,4-5,7-8H2,1H3. The largest absolute Gasteiger partial charge is 0.494 e. The van der Waals surface area contributed by atoms with Crippen LogP contribution in [0.25, 0.3) is 10.9 Å². The van der Waals surface area contributed by atoms with E-state index in [1.54, 1.807) is 4.90 Å². The van der Waals surface area contributed by atoms with Gasteiger partial charge in [-0.15, -0.1) is 0 Å². The number of hydrogen-bond acceptors (Lipinski definition) is 3. The number of ether oxygens (including phenoxy) is 1. The van der Waals surface area contributed by atoms with Crippen LogP contribution >= 0.6 is 0 Å². The Labute approximate surface area is 123 Å². The second-order valence-electron chi connectivity index (χ2n) is 5.32. The summed E-state index contributed by atoms with van der Waals surface area (Å²) in [6.07, 6.45) is 2.06. The van der Waals surface area contributed by atoms with Gasteiger partial charge in [-0.1, -0.05) is 0 Å². The maximum atomic E-state index is 12.5. The van der Waals surface area contributed by atoms with Crippen LogP contribution in [0.2, 0.25) is 0 Å². The van der Waals surface area contributed by atoms with Gasteiger partial charge < -0.3 is 19.7 Å². The third-order valence-electron chi connectivity index (χ3n) is 3.72.